The summed E-state index contributed by atoms with van der Waals surface area (Å²) in [5.41, 5.74) is 5.30. The molecule has 2 aromatic carbocycles. The molecule has 2 heteroatoms. The van der Waals surface area contributed by atoms with Crippen LogP contribution in [0.2, 0.25) is 0 Å². The topological polar surface area (TPSA) is 37.3 Å². The van der Waals surface area contributed by atoms with E-state index in [0.29, 0.717) is 0 Å². The molecule has 0 unspecified atom stereocenters. The molecule has 0 spiro atoms. The molecule has 0 saturated carbocycles. The molecule has 0 fully saturated rings. The zero-order valence-corrected chi connectivity index (χ0v) is 10.6. The first-order chi connectivity index (χ1) is 8.56. The van der Waals surface area contributed by atoms with Gasteiger partial charge in [-0.3, -0.25) is 4.79 Å². The SMILES string of the molecule is Cc1ccc(-c2ccc(C)c(CC(=O)O)c2)cc1. The Hall–Kier alpha value is -2.09. The Morgan fingerprint density at radius 3 is 2.22 bits per heavy atom. The number of carboxylic acid groups (broad SMARTS) is 1. The van der Waals surface area contributed by atoms with Crippen molar-refractivity contribution < 1.29 is 9.90 Å². The Morgan fingerprint density at radius 2 is 1.61 bits per heavy atom. The van der Waals surface area contributed by atoms with Crippen molar-refractivity contribution in [3.63, 3.8) is 0 Å². The first-order valence-electron chi connectivity index (χ1n) is 5.94. The summed E-state index contributed by atoms with van der Waals surface area (Å²) in [6.45, 7) is 3.99. The van der Waals surface area contributed by atoms with Crippen LogP contribution in [0.4, 0.5) is 0 Å². The fourth-order valence-corrected chi connectivity index (χ4v) is 1.95. The van der Waals surface area contributed by atoms with Gasteiger partial charge in [-0.25, -0.2) is 0 Å². The molecule has 1 N–H and O–H groups in total. The molecule has 0 aliphatic carbocycles. The summed E-state index contributed by atoms with van der Waals surface area (Å²) in [4.78, 5) is 10.8. The van der Waals surface area contributed by atoms with Gasteiger partial charge in [-0.1, -0.05) is 48.0 Å². The molecule has 2 rings (SSSR count). The maximum absolute atomic E-state index is 10.8. The van der Waals surface area contributed by atoms with Gasteiger partial charge >= 0.3 is 5.97 Å². The van der Waals surface area contributed by atoms with E-state index in [-0.39, 0.29) is 6.42 Å². The molecule has 18 heavy (non-hydrogen) atoms. The molecule has 0 heterocycles. The zero-order chi connectivity index (χ0) is 13.1. The molecule has 0 amide bonds. The van der Waals surface area contributed by atoms with Crippen LogP contribution < -0.4 is 0 Å². The Bertz CT molecular complexity index is 568. The number of carbonyl (C=O) groups is 1. The van der Waals surface area contributed by atoms with Crippen molar-refractivity contribution in [3.8, 4) is 11.1 Å². The molecule has 0 saturated heterocycles. The van der Waals surface area contributed by atoms with Gasteiger partial charge in [-0.2, -0.15) is 0 Å². The molecule has 0 bridgehead atoms. The fourth-order valence-electron chi connectivity index (χ4n) is 1.95. The van der Waals surface area contributed by atoms with Crippen molar-refractivity contribution in [2.75, 3.05) is 0 Å². The average molecular weight is 240 g/mol. The third-order valence-electron chi connectivity index (χ3n) is 3.08. The highest BCUT2D eigenvalue weighted by Gasteiger charge is 2.06. The van der Waals surface area contributed by atoms with Crippen molar-refractivity contribution >= 4 is 5.97 Å². The standard InChI is InChI=1S/C16H16O2/c1-11-3-6-13(7-4-11)14-8-5-12(2)15(9-14)10-16(17)18/h3-9H,10H2,1-2H3,(H,17,18). The Balaban J connectivity index is 2.40. The minimum absolute atomic E-state index is 0.0749. The van der Waals surface area contributed by atoms with E-state index in [1.54, 1.807) is 0 Å². The van der Waals surface area contributed by atoms with E-state index in [2.05, 4.69) is 31.2 Å². The van der Waals surface area contributed by atoms with Gasteiger partial charge in [0.05, 0.1) is 6.42 Å². The lowest BCUT2D eigenvalue weighted by atomic mass is 9.97. The van der Waals surface area contributed by atoms with Crippen molar-refractivity contribution in [2.24, 2.45) is 0 Å². The first kappa shape index (κ1) is 12.4. The highest BCUT2D eigenvalue weighted by atomic mass is 16.4. The predicted molar refractivity (Wildman–Crippen MR) is 72.7 cm³/mol. The lowest BCUT2D eigenvalue weighted by Gasteiger charge is -2.08. The van der Waals surface area contributed by atoms with Crippen LogP contribution in [-0.2, 0) is 11.2 Å². The summed E-state index contributed by atoms with van der Waals surface area (Å²) in [5, 5.41) is 8.89. The molecule has 92 valence electrons. The van der Waals surface area contributed by atoms with Crippen LogP contribution >= 0.6 is 0 Å². The van der Waals surface area contributed by atoms with Gasteiger partial charge in [-0.05, 0) is 36.1 Å². The largest absolute Gasteiger partial charge is 0.481 e. The van der Waals surface area contributed by atoms with Crippen LogP contribution in [0.3, 0.4) is 0 Å². The van der Waals surface area contributed by atoms with Crippen molar-refractivity contribution in [2.45, 2.75) is 20.3 Å². The smallest absolute Gasteiger partial charge is 0.307 e. The summed E-state index contributed by atoms with van der Waals surface area (Å²) in [6, 6.07) is 14.2. The van der Waals surface area contributed by atoms with Gasteiger partial charge in [0.2, 0.25) is 0 Å². The number of benzene rings is 2. The molecule has 0 atom stereocenters. The van der Waals surface area contributed by atoms with Gasteiger partial charge < -0.3 is 5.11 Å². The monoisotopic (exact) mass is 240 g/mol. The van der Waals surface area contributed by atoms with E-state index >= 15 is 0 Å². The normalized spacial score (nSPS) is 10.3. The molecule has 0 aliphatic rings. The summed E-state index contributed by atoms with van der Waals surface area (Å²) in [5.74, 6) is -0.792. The maximum atomic E-state index is 10.8. The Labute approximate surface area is 107 Å². The van der Waals surface area contributed by atoms with E-state index < -0.39 is 5.97 Å². The number of hydrogen-bond donors (Lipinski definition) is 1. The number of carboxylic acids is 1. The van der Waals surface area contributed by atoms with E-state index in [1.807, 2.05) is 25.1 Å². The third-order valence-corrected chi connectivity index (χ3v) is 3.08. The highest BCUT2D eigenvalue weighted by Crippen LogP contribution is 2.23. The molecular formula is C16H16O2. The Morgan fingerprint density at radius 1 is 1.00 bits per heavy atom. The molecule has 0 aliphatic heterocycles. The van der Waals surface area contributed by atoms with Crippen molar-refractivity contribution in [1.29, 1.82) is 0 Å². The highest BCUT2D eigenvalue weighted by molar-refractivity contribution is 5.73. The van der Waals surface area contributed by atoms with Gasteiger partial charge in [0.15, 0.2) is 0 Å². The second kappa shape index (κ2) is 5.05. The van der Waals surface area contributed by atoms with E-state index in [1.165, 1.54) is 5.56 Å². The quantitative estimate of drug-likeness (QED) is 0.890. The molecule has 2 nitrogen and oxygen atoms in total. The fraction of sp³-hybridized carbons (Fsp3) is 0.188. The average Bonchev–Trinajstić information content (AvgIpc) is 2.32. The maximum Gasteiger partial charge on any atom is 0.307 e. The van der Waals surface area contributed by atoms with E-state index in [0.717, 1.165) is 22.3 Å². The van der Waals surface area contributed by atoms with Gasteiger partial charge in [0.25, 0.3) is 0 Å². The Kier molecular flexibility index (Phi) is 3.47. The summed E-state index contributed by atoms with van der Waals surface area (Å²) >= 11 is 0. The number of aryl methyl sites for hydroxylation is 2. The lowest BCUT2D eigenvalue weighted by molar-refractivity contribution is -0.136. The summed E-state index contributed by atoms with van der Waals surface area (Å²) in [6.07, 6.45) is 0.0749. The zero-order valence-electron chi connectivity index (χ0n) is 10.6. The minimum atomic E-state index is -0.792. The molecule has 2 aromatic rings. The van der Waals surface area contributed by atoms with Gasteiger partial charge in [0.1, 0.15) is 0 Å². The van der Waals surface area contributed by atoms with Gasteiger partial charge in [0, 0.05) is 0 Å². The van der Waals surface area contributed by atoms with Crippen LogP contribution in [0, 0.1) is 13.8 Å². The van der Waals surface area contributed by atoms with Crippen molar-refractivity contribution in [1.82, 2.24) is 0 Å². The third kappa shape index (κ3) is 2.77. The first-order valence-corrected chi connectivity index (χ1v) is 5.94. The molecule has 0 aromatic heterocycles. The van der Waals surface area contributed by atoms with Crippen LogP contribution in [0.25, 0.3) is 11.1 Å². The van der Waals surface area contributed by atoms with Crippen molar-refractivity contribution in [3.05, 3.63) is 59.2 Å². The van der Waals surface area contributed by atoms with Crippen LogP contribution in [0.5, 0.6) is 0 Å². The number of rotatable bonds is 3. The number of aliphatic carboxylic acids is 1. The second-order valence-electron chi connectivity index (χ2n) is 4.58. The van der Waals surface area contributed by atoms with Crippen LogP contribution in [0.15, 0.2) is 42.5 Å². The summed E-state index contributed by atoms with van der Waals surface area (Å²) < 4.78 is 0. The number of hydrogen-bond acceptors (Lipinski definition) is 1. The minimum Gasteiger partial charge on any atom is -0.481 e. The lowest BCUT2D eigenvalue weighted by Crippen LogP contribution is -2.02. The predicted octanol–water partition coefficient (Wildman–Crippen LogP) is 3.60. The molecular weight excluding hydrogens is 224 g/mol. The summed E-state index contributed by atoms with van der Waals surface area (Å²) in [7, 11) is 0. The second-order valence-corrected chi connectivity index (χ2v) is 4.58. The van der Waals surface area contributed by atoms with E-state index in [4.69, 9.17) is 5.11 Å². The van der Waals surface area contributed by atoms with Crippen LogP contribution in [-0.4, -0.2) is 11.1 Å². The van der Waals surface area contributed by atoms with Gasteiger partial charge in [-0.15, -0.1) is 0 Å². The van der Waals surface area contributed by atoms with E-state index in [9.17, 15) is 4.79 Å². The molecule has 0 radical (unpaired) electrons. The van der Waals surface area contributed by atoms with Crippen LogP contribution in [0.1, 0.15) is 16.7 Å².